The Labute approximate surface area is 86.1 Å². The van der Waals surface area contributed by atoms with Crippen molar-refractivity contribution in [1.29, 1.82) is 0 Å². The van der Waals surface area contributed by atoms with E-state index in [1.807, 2.05) is 0 Å². The minimum absolute atomic E-state index is 0.102. The summed E-state index contributed by atoms with van der Waals surface area (Å²) in [7, 11) is 0. The van der Waals surface area contributed by atoms with E-state index in [2.05, 4.69) is 26.8 Å². The van der Waals surface area contributed by atoms with E-state index in [1.165, 1.54) is 12.1 Å². The average molecular weight is 206 g/mol. The maximum atomic E-state index is 11.2. The zero-order chi connectivity index (χ0) is 11.1. The van der Waals surface area contributed by atoms with Crippen LogP contribution < -0.4 is 16.2 Å². The molecule has 0 saturated heterocycles. The summed E-state index contributed by atoms with van der Waals surface area (Å²) in [6.45, 7) is 0.428. The molecule has 0 aliphatic heterocycles. The normalized spacial score (nSPS) is 9.27. The molecule has 3 N–H and O–H groups in total. The number of rotatable bonds is 4. The molecule has 1 rings (SSSR count). The number of hydrogen-bond donors (Lipinski definition) is 3. The Morgan fingerprint density at radius 1 is 1.60 bits per heavy atom. The molecule has 6 heteroatoms. The number of anilines is 1. The van der Waals surface area contributed by atoms with Crippen LogP contribution in [0, 0.1) is 12.3 Å². The Kier molecular flexibility index (Phi) is 4.06. The summed E-state index contributed by atoms with van der Waals surface area (Å²) in [5.41, 5.74) is -0.321. The van der Waals surface area contributed by atoms with Crippen molar-refractivity contribution in [2.75, 3.05) is 18.4 Å². The second-order valence-electron chi connectivity index (χ2n) is 2.66. The number of aromatic amines is 1. The Morgan fingerprint density at radius 3 is 3.00 bits per heavy atom. The highest BCUT2D eigenvalue weighted by molar-refractivity contribution is 5.91. The number of carbonyl (C=O) groups is 1. The van der Waals surface area contributed by atoms with E-state index in [0.717, 1.165) is 0 Å². The van der Waals surface area contributed by atoms with Crippen LogP contribution in [0.25, 0.3) is 0 Å². The average Bonchev–Trinajstić information content (AvgIpc) is 2.22. The molecule has 0 bridgehead atoms. The van der Waals surface area contributed by atoms with Crippen molar-refractivity contribution in [1.82, 2.24) is 15.5 Å². The summed E-state index contributed by atoms with van der Waals surface area (Å²) in [6, 6.07) is 2.69. The number of hydrogen-bond acceptors (Lipinski definition) is 4. The first-order valence-electron chi connectivity index (χ1n) is 4.22. The van der Waals surface area contributed by atoms with Crippen LogP contribution in [0.5, 0.6) is 0 Å². The van der Waals surface area contributed by atoms with Crippen LogP contribution in [0.3, 0.4) is 0 Å². The predicted molar refractivity (Wildman–Crippen MR) is 55.2 cm³/mol. The van der Waals surface area contributed by atoms with Crippen LogP contribution in [0.4, 0.5) is 5.82 Å². The molecule has 0 atom stereocenters. The van der Waals surface area contributed by atoms with Crippen LogP contribution in [0.2, 0.25) is 0 Å². The van der Waals surface area contributed by atoms with Gasteiger partial charge in [0.15, 0.2) is 5.82 Å². The molecule has 0 aliphatic rings. The Morgan fingerprint density at radius 2 is 2.40 bits per heavy atom. The summed E-state index contributed by atoms with van der Waals surface area (Å²) in [5.74, 6) is 2.36. The maximum Gasteiger partial charge on any atom is 0.264 e. The van der Waals surface area contributed by atoms with Crippen molar-refractivity contribution in [3.63, 3.8) is 0 Å². The molecule has 1 amide bonds. The zero-order valence-corrected chi connectivity index (χ0v) is 7.91. The van der Waals surface area contributed by atoms with Gasteiger partial charge in [-0.3, -0.25) is 14.9 Å². The van der Waals surface area contributed by atoms with Crippen LogP contribution in [0.1, 0.15) is 0 Å². The number of aromatic nitrogens is 2. The molecule has 0 aromatic carbocycles. The van der Waals surface area contributed by atoms with Gasteiger partial charge in [-0.25, -0.2) is 5.10 Å². The molecular weight excluding hydrogens is 196 g/mol. The van der Waals surface area contributed by atoms with Crippen molar-refractivity contribution in [3.05, 3.63) is 22.5 Å². The molecule has 0 spiro atoms. The third-order valence-corrected chi connectivity index (χ3v) is 1.46. The molecule has 0 fully saturated rings. The van der Waals surface area contributed by atoms with Crippen LogP contribution in [-0.2, 0) is 4.79 Å². The van der Waals surface area contributed by atoms with Gasteiger partial charge >= 0.3 is 0 Å². The van der Waals surface area contributed by atoms with Crippen LogP contribution in [-0.4, -0.2) is 29.2 Å². The van der Waals surface area contributed by atoms with Gasteiger partial charge in [0.1, 0.15) is 0 Å². The van der Waals surface area contributed by atoms with Gasteiger partial charge in [0.05, 0.1) is 13.1 Å². The second kappa shape index (κ2) is 5.57. The summed E-state index contributed by atoms with van der Waals surface area (Å²) in [6.07, 6.45) is 4.99. The topological polar surface area (TPSA) is 86.9 Å². The van der Waals surface area contributed by atoms with E-state index < -0.39 is 0 Å². The lowest BCUT2D eigenvalue weighted by Crippen LogP contribution is -2.28. The summed E-state index contributed by atoms with van der Waals surface area (Å²) in [4.78, 5) is 21.9. The number of H-pyrrole nitrogens is 1. The summed E-state index contributed by atoms with van der Waals surface area (Å²) < 4.78 is 0. The molecule has 15 heavy (non-hydrogen) atoms. The van der Waals surface area contributed by atoms with E-state index in [1.54, 1.807) is 0 Å². The lowest BCUT2D eigenvalue weighted by atomic mass is 10.5. The highest BCUT2D eigenvalue weighted by atomic mass is 16.2. The smallest absolute Gasteiger partial charge is 0.264 e. The zero-order valence-electron chi connectivity index (χ0n) is 7.91. The van der Waals surface area contributed by atoms with Gasteiger partial charge in [-0.2, -0.15) is 5.10 Å². The SMILES string of the molecule is C#CCNCC(=O)Nc1ccc(=O)[nH]n1. The molecule has 1 heterocycles. The number of terminal acetylenes is 1. The lowest BCUT2D eigenvalue weighted by Gasteiger charge is -2.02. The summed E-state index contributed by atoms with van der Waals surface area (Å²) >= 11 is 0. The van der Waals surface area contributed by atoms with Gasteiger partial charge in [0.2, 0.25) is 5.91 Å². The lowest BCUT2D eigenvalue weighted by molar-refractivity contribution is -0.115. The fourth-order valence-corrected chi connectivity index (χ4v) is 0.849. The van der Waals surface area contributed by atoms with Crippen molar-refractivity contribution in [3.8, 4) is 12.3 Å². The number of carbonyl (C=O) groups excluding carboxylic acids is 1. The fraction of sp³-hybridized carbons (Fsp3) is 0.222. The highest BCUT2D eigenvalue weighted by Gasteiger charge is 2.01. The highest BCUT2D eigenvalue weighted by Crippen LogP contribution is 1.94. The monoisotopic (exact) mass is 206 g/mol. The quantitative estimate of drug-likeness (QED) is 0.432. The Hall–Kier alpha value is -2.13. The van der Waals surface area contributed by atoms with Crippen molar-refractivity contribution >= 4 is 11.7 Å². The van der Waals surface area contributed by atoms with E-state index in [9.17, 15) is 9.59 Å². The molecule has 0 unspecified atom stereocenters. The fourth-order valence-electron chi connectivity index (χ4n) is 0.849. The molecular formula is C9H10N4O2. The van der Waals surface area contributed by atoms with Gasteiger partial charge in [-0.1, -0.05) is 5.92 Å². The summed E-state index contributed by atoms with van der Waals surface area (Å²) in [5, 5.41) is 11.0. The first kappa shape index (κ1) is 10.9. The van der Waals surface area contributed by atoms with Gasteiger partial charge < -0.3 is 5.32 Å². The van der Waals surface area contributed by atoms with E-state index in [0.29, 0.717) is 12.4 Å². The molecule has 0 saturated carbocycles. The minimum Gasteiger partial charge on any atom is -0.308 e. The Bertz CT molecular complexity index is 412. The van der Waals surface area contributed by atoms with Crippen molar-refractivity contribution < 1.29 is 4.79 Å². The van der Waals surface area contributed by atoms with E-state index >= 15 is 0 Å². The molecule has 78 valence electrons. The molecule has 0 radical (unpaired) electrons. The molecule has 1 aromatic rings. The third-order valence-electron chi connectivity index (χ3n) is 1.46. The predicted octanol–water partition coefficient (Wildman–Crippen LogP) is -1.07. The van der Waals surface area contributed by atoms with E-state index in [4.69, 9.17) is 6.42 Å². The maximum absolute atomic E-state index is 11.2. The largest absolute Gasteiger partial charge is 0.308 e. The molecule has 6 nitrogen and oxygen atoms in total. The first-order chi connectivity index (χ1) is 7.22. The van der Waals surface area contributed by atoms with Crippen LogP contribution in [0.15, 0.2) is 16.9 Å². The third kappa shape index (κ3) is 4.06. The van der Waals surface area contributed by atoms with Gasteiger partial charge in [-0.05, 0) is 6.07 Å². The van der Waals surface area contributed by atoms with Gasteiger partial charge in [-0.15, -0.1) is 6.42 Å². The number of nitrogens with one attached hydrogen (secondary N) is 3. The van der Waals surface area contributed by atoms with Crippen LogP contribution >= 0.6 is 0 Å². The molecule has 0 aliphatic carbocycles. The second-order valence-corrected chi connectivity index (χ2v) is 2.66. The van der Waals surface area contributed by atoms with E-state index in [-0.39, 0.29) is 18.0 Å². The number of amides is 1. The first-order valence-corrected chi connectivity index (χ1v) is 4.22. The Balaban J connectivity index is 2.42. The molecule has 1 aromatic heterocycles. The number of nitrogens with zero attached hydrogens (tertiary/aromatic N) is 1. The van der Waals surface area contributed by atoms with Gasteiger partial charge in [0.25, 0.3) is 5.56 Å². The van der Waals surface area contributed by atoms with Crippen molar-refractivity contribution in [2.24, 2.45) is 0 Å². The standard InChI is InChI=1S/C9H10N4O2/c1-2-5-10-6-9(15)11-7-3-4-8(14)13-12-7/h1,3-4,10H,5-6H2,(H,13,14)(H,11,12,15). The van der Waals surface area contributed by atoms with Crippen molar-refractivity contribution in [2.45, 2.75) is 0 Å². The minimum atomic E-state index is -0.321. The van der Waals surface area contributed by atoms with Gasteiger partial charge in [0, 0.05) is 6.07 Å².